The number of hydrogen-bond acceptors (Lipinski definition) is 5. The summed E-state index contributed by atoms with van der Waals surface area (Å²) in [6, 6.07) is 14.7. The number of aryl methyl sites for hydroxylation is 2. The third-order valence-corrected chi connectivity index (χ3v) is 8.62. The van der Waals surface area contributed by atoms with Gasteiger partial charge in [-0.2, -0.15) is 0 Å². The van der Waals surface area contributed by atoms with Gasteiger partial charge in [0, 0.05) is 42.0 Å². The van der Waals surface area contributed by atoms with E-state index in [0.29, 0.717) is 18.4 Å². The van der Waals surface area contributed by atoms with Crippen molar-refractivity contribution in [2.75, 3.05) is 24.6 Å². The summed E-state index contributed by atoms with van der Waals surface area (Å²) in [6.07, 6.45) is 7.21. The quantitative estimate of drug-likeness (QED) is 0.263. The second kappa shape index (κ2) is 12.0. The van der Waals surface area contributed by atoms with Gasteiger partial charge in [0.1, 0.15) is 11.6 Å². The maximum absolute atomic E-state index is 13.2. The van der Waals surface area contributed by atoms with Crippen LogP contribution >= 0.6 is 0 Å². The van der Waals surface area contributed by atoms with Crippen molar-refractivity contribution in [3.05, 3.63) is 76.9 Å². The van der Waals surface area contributed by atoms with Gasteiger partial charge in [-0.25, -0.2) is 4.39 Å². The van der Waals surface area contributed by atoms with Crippen LogP contribution in [-0.2, 0) is 22.4 Å². The second-order valence-corrected chi connectivity index (χ2v) is 11.8. The van der Waals surface area contributed by atoms with Gasteiger partial charge in [0.25, 0.3) is 0 Å². The van der Waals surface area contributed by atoms with Crippen molar-refractivity contribution < 1.29 is 18.7 Å². The van der Waals surface area contributed by atoms with Crippen LogP contribution in [0, 0.1) is 25.1 Å². The summed E-state index contributed by atoms with van der Waals surface area (Å²) >= 11 is 0. The Balaban J connectivity index is 1.41. The Labute approximate surface area is 237 Å². The number of esters is 1. The van der Waals surface area contributed by atoms with Crippen molar-refractivity contribution in [3.63, 3.8) is 0 Å². The Bertz CT molecular complexity index is 1320. The molecule has 1 aliphatic carbocycles. The summed E-state index contributed by atoms with van der Waals surface area (Å²) in [4.78, 5) is 20.3. The monoisotopic (exact) mass is 544 g/mol. The molecule has 1 saturated carbocycles. The molecule has 0 unspecified atom stereocenters. The van der Waals surface area contributed by atoms with Gasteiger partial charge < -0.3 is 14.4 Å². The van der Waals surface area contributed by atoms with E-state index in [4.69, 9.17) is 14.5 Å². The number of pyridine rings is 1. The average Bonchev–Trinajstić information content (AvgIpc) is 2.90. The zero-order valence-corrected chi connectivity index (χ0v) is 24.3. The van der Waals surface area contributed by atoms with Gasteiger partial charge in [0.05, 0.1) is 24.8 Å². The molecule has 5 rings (SSSR count). The fraction of sp³-hybridized carbons (Fsp3) is 0.471. The van der Waals surface area contributed by atoms with E-state index in [1.807, 2.05) is 32.9 Å². The number of hydrogen-bond donors (Lipinski definition) is 0. The Morgan fingerprint density at radius 1 is 0.975 bits per heavy atom. The number of nitrogens with zero attached hydrogens (tertiary/aromatic N) is 2. The largest absolute Gasteiger partial charge is 0.493 e. The summed E-state index contributed by atoms with van der Waals surface area (Å²) in [6.45, 7) is 10.3. The SMILES string of the molecule is Cc1nc(C)c(-c2ccc(OCCc3ccc(F)cc3)cc2)c(N2CCC3(CCC3)CC2)c1CC(=O)OC(C)C. The standard InChI is InChI=1S/C34H41FN2O3/c1-23(2)40-31(38)22-30-24(3)36-25(4)32(33(30)37-19-17-34(18-20-37)15-5-16-34)27-8-12-29(13-9-27)39-21-14-26-6-10-28(35)11-7-26/h6-13,23H,5,14-22H2,1-4H3. The van der Waals surface area contributed by atoms with Gasteiger partial charge in [0.2, 0.25) is 0 Å². The summed E-state index contributed by atoms with van der Waals surface area (Å²) in [7, 11) is 0. The molecule has 0 atom stereocenters. The first-order chi connectivity index (χ1) is 19.2. The molecule has 2 heterocycles. The minimum Gasteiger partial charge on any atom is -0.493 e. The molecule has 2 aromatic carbocycles. The second-order valence-electron chi connectivity index (χ2n) is 11.8. The summed E-state index contributed by atoms with van der Waals surface area (Å²) < 4.78 is 24.7. The van der Waals surface area contributed by atoms with Crippen molar-refractivity contribution in [3.8, 4) is 16.9 Å². The van der Waals surface area contributed by atoms with Gasteiger partial charge in [0.15, 0.2) is 0 Å². The molecule has 1 aromatic heterocycles. The highest BCUT2D eigenvalue weighted by Crippen LogP contribution is 2.50. The number of halogens is 1. The first-order valence-corrected chi connectivity index (χ1v) is 14.7. The molecule has 2 aliphatic rings. The van der Waals surface area contributed by atoms with E-state index in [0.717, 1.165) is 58.2 Å². The molecule has 0 N–H and O–H groups in total. The highest BCUT2D eigenvalue weighted by Gasteiger charge is 2.40. The predicted molar refractivity (Wildman–Crippen MR) is 157 cm³/mol. The van der Waals surface area contributed by atoms with E-state index in [1.165, 1.54) is 44.2 Å². The Morgan fingerprint density at radius 3 is 2.25 bits per heavy atom. The molecule has 0 amide bonds. The van der Waals surface area contributed by atoms with Crippen LogP contribution < -0.4 is 9.64 Å². The summed E-state index contributed by atoms with van der Waals surface area (Å²) in [5.74, 6) is 0.344. The first-order valence-electron chi connectivity index (χ1n) is 14.7. The molecule has 5 nitrogen and oxygen atoms in total. The zero-order valence-electron chi connectivity index (χ0n) is 24.3. The van der Waals surface area contributed by atoms with Crippen molar-refractivity contribution in [2.24, 2.45) is 5.41 Å². The van der Waals surface area contributed by atoms with E-state index in [9.17, 15) is 9.18 Å². The molecule has 2 fully saturated rings. The van der Waals surface area contributed by atoms with Crippen LogP contribution in [-0.4, -0.2) is 36.8 Å². The molecule has 0 bridgehead atoms. The number of carbonyl (C=O) groups excluding carboxylic acids is 1. The van der Waals surface area contributed by atoms with Crippen LogP contribution in [0.2, 0.25) is 0 Å². The molecular weight excluding hydrogens is 503 g/mol. The lowest BCUT2D eigenvalue weighted by Crippen LogP contribution is -2.44. The third kappa shape index (κ3) is 6.32. The predicted octanol–water partition coefficient (Wildman–Crippen LogP) is 7.39. The molecule has 6 heteroatoms. The normalized spacial score (nSPS) is 16.2. The Kier molecular flexibility index (Phi) is 8.43. The van der Waals surface area contributed by atoms with Gasteiger partial charge in [-0.15, -0.1) is 0 Å². The fourth-order valence-corrected chi connectivity index (χ4v) is 6.26. The number of rotatable bonds is 9. The zero-order chi connectivity index (χ0) is 28.3. The molecule has 3 aromatic rings. The highest BCUT2D eigenvalue weighted by molar-refractivity contribution is 5.87. The van der Waals surface area contributed by atoms with Crippen LogP contribution in [0.15, 0.2) is 48.5 Å². The van der Waals surface area contributed by atoms with E-state index in [2.05, 4.69) is 24.0 Å². The molecule has 1 spiro atoms. The number of piperidine rings is 1. The van der Waals surface area contributed by atoms with E-state index < -0.39 is 0 Å². The molecule has 1 aliphatic heterocycles. The lowest BCUT2D eigenvalue weighted by atomic mass is 9.63. The number of benzene rings is 2. The van der Waals surface area contributed by atoms with Crippen LogP contribution in [0.3, 0.4) is 0 Å². The Hall–Kier alpha value is -3.41. The van der Waals surface area contributed by atoms with Crippen molar-refractivity contribution >= 4 is 11.7 Å². The fourth-order valence-electron chi connectivity index (χ4n) is 6.26. The van der Waals surface area contributed by atoms with E-state index in [1.54, 1.807) is 12.1 Å². The van der Waals surface area contributed by atoms with E-state index in [-0.39, 0.29) is 24.3 Å². The molecule has 0 radical (unpaired) electrons. The van der Waals surface area contributed by atoms with Crippen LogP contribution in [0.5, 0.6) is 5.75 Å². The van der Waals surface area contributed by atoms with Crippen molar-refractivity contribution in [1.29, 1.82) is 0 Å². The van der Waals surface area contributed by atoms with Crippen LogP contribution in [0.1, 0.15) is 68.5 Å². The minimum atomic E-state index is -0.229. The van der Waals surface area contributed by atoms with Crippen molar-refractivity contribution in [1.82, 2.24) is 4.98 Å². The molecule has 1 saturated heterocycles. The average molecular weight is 545 g/mol. The maximum Gasteiger partial charge on any atom is 0.310 e. The highest BCUT2D eigenvalue weighted by atomic mass is 19.1. The summed E-state index contributed by atoms with van der Waals surface area (Å²) in [5, 5.41) is 0. The number of carbonyl (C=O) groups is 1. The van der Waals surface area contributed by atoms with Crippen LogP contribution in [0.25, 0.3) is 11.1 Å². The topological polar surface area (TPSA) is 51.7 Å². The third-order valence-electron chi connectivity index (χ3n) is 8.62. The summed E-state index contributed by atoms with van der Waals surface area (Å²) in [5.41, 5.74) is 7.66. The molecule has 212 valence electrons. The van der Waals surface area contributed by atoms with Gasteiger partial charge >= 0.3 is 5.97 Å². The molecule has 40 heavy (non-hydrogen) atoms. The first kappa shape index (κ1) is 28.1. The van der Waals surface area contributed by atoms with E-state index >= 15 is 0 Å². The van der Waals surface area contributed by atoms with Crippen LogP contribution in [0.4, 0.5) is 10.1 Å². The lowest BCUT2D eigenvalue weighted by molar-refractivity contribution is -0.146. The smallest absolute Gasteiger partial charge is 0.310 e. The van der Waals surface area contributed by atoms with Gasteiger partial charge in [-0.05, 0) is 94.2 Å². The van der Waals surface area contributed by atoms with Gasteiger partial charge in [-0.1, -0.05) is 30.7 Å². The Morgan fingerprint density at radius 2 is 1.65 bits per heavy atom. The lowest BCUT2D eigenvalue weighted by Gasteiger charge is -2.49. The van der Waals surface area contributed by atoms with Crippen molar-refractivity contribution in [2.45, 2.75) is 78.7 Å². The van der Waals surface area contributed by atoms with Gasteiger partial charge in [-0.3, -0.25) is 9.78 Å². The number of aromatic nitrogens is 1. The molecular formula is C34H41FN2O3. The minimum absolute atomic E-state index is 0.154. The maximum atomic E-state index is 13.2. The number of anilines is 1. The number of ether oxygens (including phenoxy) is 2.